The first-order chi connectivity index (χ1) is 10.2. The van der Waals surface area contributed by atoms with Gasteiger partial charge < -0.3 is 9.84 Å². The van der Waals surface area contributed by atoms with E-state index in [1.165, 1.54) is 12.1 Å². The molecule has 0 aliphatic carbocycles. The Kier molecular flexibility index (Phi) is 3.69. The highest BCUT2D eigenvalue weighted by molar-refractivity contribution is 5.58. The Bertz CT molecular complexity index is 738. The maximum atomic E-state index is 13.0. The molecule has 21 heavy (non-hydrogen) atoms. The molecule has 0 spiro atoms. The van der Waals surface area contributed by atoms with Gasteiger partial charge in [-0.15, -0.1) is 0 Å². The van der Waals surface area contributed by atoms with E-state index in [2.05, 4.69) is 10.5 Å². The highest BCUT2D eigenvalue weighted by atomic mass is 19.1. The van der Waals surface area contributed by atoms with Gasteiger partial charge in [0.25, 0.3) is 0 Å². The molecule has 0 unspecified atom stereocenters. The normalized spacial score (nSPS) is 10.6. The van der Waals surface area contributed by atoms with Gasteiger partial charge in [-0.1, -0.05) is 35.5 Å². The molecule has 4 heteroatoms. The van der Waals surface area contributed by atoms with Gasteiger partial charge in [-0.2, -0.15) is 0 Å². The van der Waals surface area contributed by atoms with Crippen molar-refractivity contribution in [3.05, 3.63) is 71.7 Å². The number of aromatic nitrogens is 1. The van der Waals surface area contributed by atoms with Gasteiger partial charge in [0.15, 0.2) is 5.76 Å². The van der Waals surface area contributed by atoms with E-state index in [9.17, 15) is 4.39 Å². The minimum atomic E-state index is -0.232. The van der Waals surface area contributed by atoms with Gasteiger partial charge >= 0.3 is 0 Å². The molecule has 3 rings (SSSR count). The zero-order chi connectivity index (χ0) is 14.7. The van der Waals surface area contributed by atoms with Crippen LogP contribution in [0.5, 0.6) is 0 Å². The van der Waals surface area contributed by atoms with Crippen LogP contribution in [0.15, 0.2) is 59.1 Å². The average molecular weight is 282 g/mol. The van der Waals surface area contributed by atoms with Crippen LogP contribution < -0.4 is 5.32 Å². The fraction of sp³-hybridized carbons (Fsp3) is 0.118. The van der Waals surface area contributed by atoms with Crippen LogP contribution in [0.4, 0.5) is 10.1 Å². The third kappa shape index (κ3) is 3.11. The van der Waals surface area contributed by atoms with Gasteiger partial charge in [-0.3, -0.25) is 0 Å². The summed E-state index contributed by atoms with van der Waals surface area (Å²) in [5, 5.41) is 7.28. The van der Waals surface area contributed by atoms with Crippen LogP contribution >= 0.6 is 0 Å². The van der Waals surface area contributed by atoms with E-state index in [1.54, 1.807) is 6.07 Å². The third-order valence-corrected chi connectivity index (χ3v) is 3.27. The van der Waals surface area contributed by atoms with E-state index >= 15 is 0 Å². The maximum Gasteiger partial charge on any atom is 0.156 e. The van der Waals surface area contributed by atoms with Crippen molar-refractivity contribution in [3.8, 4) is 11.3 Å². The second kappa shape index (κ2) is 5.79. The van der Waals surface area contributed by atoms with Crippen LogP contribution in [-0.2, 0) is 6.54 Å². The monoisotopic (exact) mass is 282 g/mol. The first-order valence-electron chi connectivity index (χ1n) is 6.73. The lowest BCUT2D eigenvalue weighted by molar-refractivity contribution is 0.390. The summed E-state index contributed by atoms with van der Waals surface area (Å²) in [4.78, 5) is 0. The van der Waals surface area contributed by atoms with E-state index in [1.807, 2.05) is 43.3 Å². The molecule has 0 saturated heterocycles. The number of rotatable bonds is 4. The molecule has 106 valence electrons. The Morgan fingerprint density at radius 1 is 1.10 bits per heavy atom. The number of nitrogens with one attached hydrogen (secondary N) is 1. The highest BCUT2D eigenvalue weighted by Crippen LogP contribution is 2.20. The topological polar surface area (TPSA) is 38.1 Å². The molecule has 1 N–H and O–H groups in total. The van der Waals surface area contributed by atoms with Crippen molar-refractivity contribution in [1.29, 1.82) is 0 Å². The summed E-state index contributed by atoms with van der Waals surface area (Å²) in [6.07, 6.45) is 0. The summed E-state index contributed by atoms with van der Waals surface area (Å²) in [7, 11) is 0. The molecule has 0 saturated carbocycles. The smallest absolute Gasteiger partial charge is 0.156 e. The molecule has 0 radical (unpaired) electrons. The lowest BCUT2D eigenvalue weighted by Gasteiger charge is -2.07. The second-order valence-corrected chi connectivity index (χ2v) is 4.86. The van der Waals surface area contributed by atoms with Crippen LogP contribution in [0.25, 0.3) is 11.3 Å². The van der Waals surface area contributed by atoms with E-state index in [4.69, 9.17) is 4.52 Å². The Morgan fingerprint density at radius 2 is 1.90 bits per heavy atom. The van der Waals surface area contributed by atoms with E-state index in [-0.39, 0.29) is 5.82 Å². The fourth-order valence-electron chi connectivity index (χ4n) is 2.15. The molecule has 0 fully saturated rings. The van der Waals surface area contributed by atoms with Gasteiger partial charge in [0, 0.05) is 17.3 Å². The fourth-order valence-corrected chi connectivity index (χ4v) is 2.15. The average Bonchev–Trinajstić information content (AvgIpc) is 2.96. The van der Waals surface area contributed by atoms with Crippen molar-refractivity contribution in [2.75, 3.05) is 5.32 Å². The molecule has 0 aliphatic heterocycles. The minimum Gasteiger partial charge on any atom is -0.377 e. The van der Waals surface area contributed by atoms with Crippen LogP contribution in [-0.4, -0.2) is 5.16 Å². The lowest BCUT2D eigenvalue weighted by Crippen LogP contribution is -2.00. The van der Waals surface area contributed by atoms with E-state index < -0.39 is 0 Å². The standard InChI is InChI=1S/C17H15FN2O/c1-12-9-14(18)7-8-16(12)19-11-15-10-17(20-21-15)13-5-3-2-4-6-13/h2-10,19H,11H2,1H3. The maximum absolute atomic E-state index is 13.0. The lowest BCUT2D eigenvalue weighted by atomic mass is 10.1. The largest absolute Gasteiger partial charge is 0.377 e. The van der Waals surface area contributed by atoms with Crippen molar-refractivity contribution in [2.45, 2.75) is 13.5 Å². The van der Waals surface area contributed by atoms with Crippen molar-refractivity contribution >= 4 is 5.69 Å². The Balaban J connectivity index is 1.70. The van der Waals surface area contributed by atoms with Gasteiger partial charge in [-0.05, 0) is 30.7 Å². The van der Waals surface area contributed by atoms with Crippen LogP contribution in [0.2, 0.25) is 0 Å². The number of hydrogen-bond donors (Lipinski definition) is 1. The Hall–Kier alpha value is -2.62. The van der Waals surface area contributed by atoms with Gasteiger partial charge in [0.2, 0.25) is 0 Å². The van der Waals surface area contributed by atoms with Gasteiger partial charge in [0.1, 0.15) is 11.5 Å². The SMILES string of the molecule is Cc1cc(F)ccc1NCc1cc(-c2ccccc2)no1. The number of benzene rings is 2. The number of halogens is 1. The van der Waals surface area contributed by atoms with E-state index in [0.717, 1.165) is 28.3 Å². The molecule has 1 aromatic heterocycles. The quantitative estimate of drug-likeness (QED) is 0.770. The molecule has 0 aliphatic rings. The predicted molar refractivity (Wildman–Crippen MR) is 80.4 cm³/mol. The third-order valence-electron chi connectivity index (χ3n) is 3.27. The van der Waals surface area contributed by atoms with Crippen LogP contribution in [0.3, 0.4) is 0 Å². The first-order valence-corrected chi connectivity index (χ1v) is 6.73. The molecule has 3 nitrogen and oxygen atoms in total. The van der Waals surface area contributed by atoms with Crippen molar-refractivity contribution in [1.82, 2.24) is 5.16 Å². The number of aryl methyl sites for hydroxylation is 1. The Morgan fingerprint density at radius 3 is 2.67 bits per heavy atom. The van der Waals surface area contributed by atoms with Crippen molar-refractivity contribution in [3.63, 3.8) is 0 Å². The van der Waals surface area contributed by atoms with Gasteiger partial charge in [-0.25, -0.2) is 4.39 Å². The summed E-state index contributed by atoms with van der Waals surface area (Å²) < 4.78 is 18.4. The number of hydrogen-bond acceptors (Lipinski definition) is 3. The summed E-state index contributed by atoms with van der Waals surface area (Å²) in [5.74, 6) is 0.502. The summed E-state index contributed by atoms with van der Waals surface area (Å²) in [6.45, 7) is 2.37. The van der Waals surface area contributed by atoms with Gasteiger partial charge in [0.05, 0.1) is 6.54 Å². The van der Waals surface area contributed by atoms with Crippen molar-refractivity contribution in [2.24, 2.45) is 0 Å². The van der Waals surface area contributed by atoms with Crippen molar-refractivity contribution < 1.29 is 8.91 Å². The summed E-state index contributed by atoms with van der Waals surface area (Å²) in [5.41, 5.74) is 3.57. The zero-order valence-corrected chi connectivity index (χ0v) is 11.6. The Labute approximate surface area is 122 Å². The molecule has 3 aromatic rings. The molecule has 1 heterocycles. The predicted octanol–water partition coefficient (Wildman–Crippen LogP) is 4.40. The molecule has 0 bridgehead atoms. The molecule has 0 amide bonds. The van der Waals surface area contributed by atoms with Crippen LogP contribution in [0, 0.1) is 12.7 Å². The molecular weight excluding hydrogens is 267 g/mol. The first kappa shape index (κ1) is 13.4. The molecular formula is C17H15FN2O. The molecule has 2 aromatic carbocycles. The molecule has 0 atom stereocenters. The summed E-state index contributed by atoms with van der Waals surface area (Å²) in [6, 6.07) is 16.4. The van der Waals surface area contributed by atoms with Crippen LogP contribution in [0.1, 0.15) is 11.3 Å². The number of nitrogens with zero attached hydrogens (tertiary/aromatic N) is 1. The zero-order valence-electron chi connectivity index (χ0n) is 11.6. The summed E-state index contributed by atoms with van der Waals surface area (Å²) >= 11 is 0. The number of anilines is 1. The highest BCUT2D eigenvalue weighted by Gasteiger charge is 2.07. The minimum absolute atomic E-state index is 0.232. The second-order valence-electron chi connectivity index (χ2n) is 4.86. The van der Waals surface area contributed by atoms with E-state index in [0.29, 0.717) is 6.54 Å².